The Morgan fingerprint density at radius 1 is 1.36 bits per heavy atom. The number of esters is 1. The molecule has 1 spiro atoms. The molecular weight excluding hydrogens is 284 g/mol. The van der Waals surface area contributed by atoms with Crippen LogP contribution in [0.25, 0.3) is 0 Å². The number of rotatable bonds is 0. The van der Waals surface area contributed by atoms with Gasteiger partial charge in [-0.05, 0) is 26.8 Å². The van der Waals surface area contributed by atoms with Crippen LogP contribution in [0.2, 0.25) is 0 Å². The number of ether oxygens (including phenoxy) is 2. The van der Waals surface area contributed by atoms with Crippen molar-refractivity contribution in [2.75, 3.05) is 13.1 Å². The second-order valence-electron chi connectivity index (χ2n) is 6.77. The van der Waals surface area contributed by atoms with Gasteiger partial charge in [-0.15, -0.1) is 0 Å². The molecule has 3 heterocycles. The molecule has 0 saturated carbocycles. The van der Waals surface area contributed by atoms with E-state index in [1.165, 1.54) is 0 Å². The van der Waals surface area contributed by atoms with Crippen molar-refractivity contribution in [3.05, 3.63) is 29.6 Å². The summed E-state index contributed by atoms with van der Waals surface area (Å²) in [6, 6.07) is 1.84. The van der Waals surface area contributed by atoms with E-state index < -0.39 is 11.2 Å². The highest BCUT2D eigenvalue weighted by atomic mass is 16.6. The van der Waals surface area contributed by atoms with E-state index in [9.17, 15) is 9.59 Å². The van der Waals surface area contributed by atoms with E-state index in [0.717, 1.165) is 5.56 Å². The third-order valence-corrected chi connectivity index (χ3v) is 4.04. The molecule has 0 unspecified atom stereocenters. The Morgan fingerprint density at radius 3 is 2.68 bits per heavy atom. The van der Waals surface area contributed by atoms with Gasteiger partial charge >= 0.3 is 12.1 Å². The monoisotopic (exact) mass is 304 g/mol. The lowest BCUT2D eigenvalue weighted by atomic mass is 9.84. The number of fused-ring (bicyclic) bond motifs is 2. The summed E-state index contributed by atoms with van der Waals surface area (Å²) in [6.45, 7) is 6.54. The molecule has 1 amide bonds. The second-order valence-corrected chi connectivity index (χ2v) is 6.77. The second kappa shape index (κ2) is 4.97. The molecule has 1 saturated heterocycles. The zero-order valence-corrected chi connectivity index (χ0v) is 13.1. The van der Waals surface area contributed by atoms with Crippen LogP contribution in [0.5, 0.6) is 0 Å². The molecule has 0 N–H and O–H groups in total. The Morgan fingerprint density at radius 2 is 2.05 bits per heavy atom. The number of likely N-dealkylation sites (tertiary alicyclic amines) is 1. The Bertz CT molecular complexity index is 613. The van der Waals surface area contributed by atoms with Crippen LogP contribution in [-0.2, 0) is 15.1 Å². The maximum Gasteiger partial charge on any atom is 0.410 e. The fourth-order valence-corrected chi connectivity index (χ4v) is 2.99. The highest BCUT2D eigenvalue weighted by Gasteiger charge is 2.48. The number of amides is 1. The van der Waals surface area contributed by atoms with Gasteiger partial charge in [0, 0.05) is 43.9 Å². The molecule has 1 aromatic heterocycles. The molecule has 1 aromatic rings. The molecule has 6 nitrogen and oxygen atoms in total. The Labute approximate surface area is 129 Å². The van der Waals surface area contributed by atoms with Gasteiger partial charge < -0.3 is 14.4 Å². The summed E-state index contributed by atoms with van der Waals surface area (Å²) in [5.41, 5.74) is 0.294. The predicted molar refractivity (Wildman–Crippen MR) is 78.4 cm³/mol. The molecule has 0 bridgehead atoms. The van der Waals surface area contributed by atoms with Crippen LogP contribution in [0.15, 0.2) is 18.5 Å². The van der Waals surface area contributed by atoms with Gasteiger partial charge in [-0.3, -0.25) is 4.98 Å². The summed E-state index contributed by atoms with van der Waals surface area (Å²) in [7, 11) is 0. The van der Waals surface area contributed by atoms with Gasteiger partial charge in [-0.1, -0.05) is 0 Å². The van der Waals surface area contributed by atoms with Crippen molar-refractivity contribution in [1.82, 2.24) is 9.88 Å². The predicted octanol–water partition coefficient (Wildman–Crippen LogP) is 2.48. The van der Waals surface area contributed by atoms with E-state index in [4.69, 9.17) is 9.47 Å². The molecule has 118 valence electrons. The molecule has 0 atom stereocenters. The van der Waals surface area contributed by atoms with Gasteiger partial charge in [0.15, 0.2) is 0 Å². The van der Waals surface area contributed by atoms with E-state index in [1.807, 2.05) is 26.8 Å². The summed E-state index contributed by atoms with van der Waals surface area (Å²) in [6.07, 6.45) is 4.06. The minimum atomic E-state index is -0.617. The molecule has 2 aliphatic heterocycles. The molecule has 6 heteroatoms. The van der Waals surface area contributed by atoms with E-state index in [-0.39, 0.29) is 12.1 Å². The van der Waals surface area contributed by atoms with Crippen molar-refractivity contribution in [2.24, 2.45) is 0 Å². The minimum absolute atomic E-state index is 0.318. The number of piperidine rings is 1. The highest BCUT2D eigenvalue weighted by molar-refractivity contribution is 5.94. The van der Waals surface area contributed by atoms with Crippen molar-refractivity contribution >= 4 is 12.1 Å². The van der Waals surface area contributed by atoms with Crippen LogP contribution in [0.1, 0.15) is 49.5 Å². The lowest BCUT2D eigenvalue weighted by Gasteiger charge is -2.38. The van der Waals surface area contributed by atoms with Gasteiger partial charge in [0.25, 0.3) is 0 Å². The van der Waals surface area contributed by atoms with Gasteiger partial charge in [0.05, 0.1) is 5.56 Å². The molecule has 0 radical (unpaired) electrons. The van der Waals surface area contributed by atoms with Crippen molar-refractivity contribution in [3.63, 3.8) is 0 Å². The number of carbonyl (C=O) groups is 2. The topological polar surface area (TPSA) is 68.7 Å². The SMILES string of the molecule is CC(C)(C)OC(=O)N1CCC2(CC1)OC(=O)c1cnccc12. The smallest absolute Gasteiger partial charge is 0.410 e. The zero-order chi connectivity index (χ0) is 16.0. The van der Waals surface area contributed by atoms with Crippen molar-refractivity contribution in [3.8, 4) is 0 Å². The lowest BCUT2D eigenvalue weighted by Crippen LogP contribution is -2.47. The normalized spacial score (nSPS) is 19.8. The van der Waals surface area contributed by atoms with Gasteiger partial charge in [0.2, 0.25) is 0 Å². The Kier molecular flexibility index (Phi) is 3.34. The fraction of sp³-hybridized carbons (Fsp3) is 0.562. The van der Waals surface area contributed by atoms with Crippen molar-refractivity contribution < 1.29 is 19.1 Å². The van der Waals surface area contributed by atoms with Crippen LogP contribution in [-0.4, -0.2) is 40.6 Å². The number of aromatic nitrogens is 1. The average molecular weight is 304 g/mol. The molecule has 2 aliphatic rings. The number of hydrogen-bond donors (Lipinski definition) is 0. The van der Waals surface area contributed by atoms with Crippen molar-refractivity contribution in [2.45, 2.75) is 44.8 Å². The van der Waals surface area contributed by atoms with E-state index in [1.54, 1.807) is 17.3 Å². The van der Waals surface area contributed by atoms with E-state index in [0.29, 0.717) is 31.5 Å². The quantitative estimate of drug-likeness (QED) is 0.689. The first-order valence-corrected chi connectivity index (χ1v) is 7.46. The minimum Gasteiger partial charge on any atom is -0.450 e. The Balaban J connectivity index is 1.73. The van der Waals surface area contributed by atoms with Crippen LogP contribution < -0.4 is 0 Å². The molecule has 3 rings (SSSR count). The third kappa shape index (κ3) is 2.53. The van der Waals surface area contributed by atoms with Gasteiger partial charge in [0.1, 0.15) is 11.2 Å². The molecule has 22 heavy (non-hydrogen) atoms. The van der Waals surface area contributed by atoms with Crippen LogP contribution >= 0.6 is 0 Å². The average Bonchev–Trinajstić information content (AvgIpc) is 2.71. The lowest BCUT2D eigenvalue weighted by molar-refractivity contribution is -0.0470. The van der Waals surface area contributed by atoms with Gasteiger partial charge in [-0.2, -0.15) is 0 Å². The van der Waals surface area contributed by atoms with E-state index in [2.05, 4.69) is 4.98 Å². The van der Waals surface area contributed by atoms with Gasteiger partial charge in [-0.25, -0.2) is 9.59 Å². The zero-order valence-electron chi connectivity index (χ0n) is 13.1. The molecule has 0 aliphatic carbocycles. The van der Waals surface area contributed by atoms with Crippen LogP contribution in [0, 0.1) is 0 Å². The maximum absolute atomic E-state index is 12.1. The standard InChI is InChI=1S/C16H20N2O4/c1-15(2,3)22-14(20)18-8-5-16(6-9-18)12-4-7-17-10-11(12)13(19)21-16/h4,7,10H,5-6,8-9H2,1-3H3. The molecular formula is C16H20N2O4. The Hall–Kier alpha value is -2.11. The first-order valence-electron chi connectivity index (χ1n) is 7.46. The number of nitrogens with zero attached hydrogens (tertiary/aromatic N) is 2. The number of carbonyl (C=O) groups excluding carboxylic acids is 2. The summed E-state index contributed by atoms with van der Waals surface area (Å²) in [4.78, 5) is 29.7. The summed E-state index contributed by atoms with van der Waals surface area (Å²) in [5, 5.41) is 0. The van der Waals surface area contributed by atoms with Crippen LogP contribution in [0.4, 0.5) is 4.79 Å². The third-order valence-electron chi connectivity index (χ3n) is 4.04. The van der Waals surface area contributed by atoms with Crippen LogP contribution in [0.3, 0.4) is 0 Å². The highest BCUT2D eigenvalue weighted by Crippen LogP contribution is 2.43. The summed E-state index contributed by atoms with van der Waals surface area (Å²) >= 11 is 0. The summed E-state index contributed by atoms with van der Waals surface area (Å²) in [5.74, 6) is -0.325. The molecule has 1 fully saturated rings. The first-order chi connectivity index (χ1) is 10.3. The largest absolute Gasteiger partial charge is 0.450 e. The first kappa shape index (κ1) is 14.8. The molecule has 0 aromatic carbocycles. The fourth-order valence-electron chi connectivity index (χ4n) is 2.99. The number of pyridine rings is 1. The number of hydrogen-bond acceptors (Lipinski definition) is 5. The summed E-state index contributed by atoms with van der Waals surface area (Å²) < 4.78 is 11.0. The van der Waals surface area contributed by atoms with Crippen molar-refractivity contribution in [1.29, 1.82) is 0 Å². The van der Waals surface area contributed by atoms with E-state index >= 15 is 0 Å². The maximum atomic E-state index is 12.1.